The monoisotopic (exact) mass is 312 g/mol. The van der Waals surface area contributed by atoms with E-state index in [0.717, 1.165) is 5.56 Å². The molecule has 2 atom stereocenters. The average Bonchev–Trinajstić information content (AvgIpc) is 2.51. The highest BCUT2D eigenvalue weighted by molar-refractivity contribution is 6.31. The van der Waals surface area contributed by atoms with E-state index >= 15 is 0 Å². The Morgan fingerprint density at radius 2 is 2.00 bits per heavy atom. The summed E-state index contributed by atoms with van der Waals surface area (Å²) in [4.78, 5) is 12.5. The van der Waals surface area contributed by atoms with Crippen LogP contribution in [0.3, 0.4) is 0 Å². The van der Waals surface area contributed by atoms with E-state index in [9.17, 15) is 4.79 Å². The van der Waals surface area contributed by atoms with E-state index in [0.29, 0.717) is 22.9 Å². The lowest BCUT2D eigenvalue weighted by atomic mass is 9.82. The zero-order chi connectivity index (χ0) is 15.2. The minimum atomic E-state index is -0.715. The predicted molar refractivity (Wildman–Crippen MR) is 84.4 cm³/mol. The zero-order valence-electron chi connectivity index (χ0n) is 11.7. The summed E-state index contributed by atoms with van der Waals surface area (Å²) in [6.45, 7) is 0.370. The molecule has 4 rings (SSSR count). The van der Waals surface area contributed by atoms with Crippen LogP contribution in [0.1, 0.15) is 15.9 Å². The number of hydrogen-bond acceptors (Lipinski definition) is 3. The second kappa shape index (κ2) is 4.97. The van der Waals surface area contributed by atoms with Crippen LogP contribution in [0.5, 0.6) is 5.75 Å². The highest BCUT2D eigenvalue weighted by Gasteiger charge is 2.56. The first-order valence-corrected chi connectivity index (χ1v) is 7.44. The maximum atomic E-state index is 12.5. The molecule has 1 saturated heterocycles. The van der Waals surface area contributed by atoms with E-state index in [4.69, 9.17) is 21.1 Å². The third kappa shape index (κ3) is 2.05. The highest BCUT2D eigenvalue weighted by Crippen LogP contribution is 2.42. The minimum absolute atomic E-state index is 0.0762. The number of hydrogen-bond donors (Lipinski definition) is 0. The molecule has 2 unspecified atom stereocenters. The van der Waals surface area contributed by atoms with Gasteiger partial charge >= 0.3 is 0 Å². The maximum absolute atomic E-state index is 12.5. The Morgan fingerprint density at radius 3 is 2.73 bits per heavy atom. The van der Waals surface area contributed by atoms with Gasteiger partial charge in [0.15, 0.2) is 17.5 Å². The Labute approximate surface area is 133 Å². The Bertz CT molecular complexity index is 769. The Morgan fingerprint density at radius 1 is 1.18 bits per heavy atom. The molecule has 2 aromatic rings. The van der Waals surface area contributed by atoms with Crippen molar-refractivity contribution in [2.45, 2.75) is 11.7 Å². The van der Waals surface area contributed by atoms with Crippen molar-refractivity contribution in [3.8, 4) is 5.75 Å². The van der Waals surface area contributed by atoms with Crippen molar-refractivity contribution in [3.63, 3.8) is 0 Å². The number of Topliss-reactive ketones (excluding diaryl/α,β-unsaturated/α-hetero) is 1. The maximum Gasteiger partial charge on any atom is 0.199 e. The molecule has 22 heavy (non-hydrogen) atoms. The molecular weight excluding hydrogens is 300 g/mol. The molecule has 2 aliphatic heterocycles. The molecule has 4 heteroatoms. The largest absolute Gasteiger partial charge is 0.477 e. The average molecular weight is 313 g/mol. The first kappa shape index (κ1) is 13.6. The third-order valence-electron chi connectivity index (χ3n) is 4.02. The summed E-state index contributed by atoms with van der Waals surface area (Å²) in [7, 11) is 0. The zero-order valence-corrected chi connectivity index (χ0v) is 12.4. The SMILES string of the molecule is O=C1c2cc(Cl)ccc2OC2(/C=C/c3ccccc3)COC12. The number of rotatable bonds is 2. The van der Waals surface area contributed by atoms with Crippen LogP contribution in [-0.4, -0.2) is 24.1 Å². The summed E-state index contributed by atoms with van der Waals surface area (Å²) < 4.78 is 11.5. The number of carbonyl (C=O) groups is 1. The lowest BCUT2D eigenvalue weighted by molar-refractivity contribution is -0.177. The van der Waals surface area contributed by atoms with E-state index < -0.39 is 11.7 Å². The van der Waals surface area contributed by atoms with Gasteiger partial charge in [0.05, 0.1) is 12.2 Å². The van der Waals surface area contributed by atoms with Crippen molar-refractivity contribution in [3.05, 3.63) is 70.8 Å². The smallest absolute Gasteiger partial charge is 0.199 e. The van der Waals surface area contributed by atoms with Crippen LogP contribution in [0.2, 0.25) is 5.02 Å². The number of halogens is 1. The molecule has 0 spiro atoms. The molecule has 0 radical (unpaired) electrons. The van der Waals surface area contributed by atoms with Gasteiger partial charge in [0, 0.05) is 5.02 Å². The predicted octanol–water partition coefficient (Wildman–Crippen LogP) is 3.77. The van der Waals surface area contributed by atoms with Gasteiger partial charge in [-0.15, -0.1) is 0 Å². The second-order valence-electron chi connectivity index (χ2n) is 5.50. The van der Waals surface area contributed by atoms with Crippen molar-refractivity contribution >= 4 is 23.5 Å². The standard InChI is InChI=1S/C18H13ClO3/c19-13-6-7-15-14(10-13)16(20)17-18(22-15,11-21-17)9-8-12-4-2-1-3-5-12/h1-10,17H,11H2/b9-8+. The molecule has 0 amide bonds. The Kier molecular flexibility index (Phi) is 3.06. The van der Waals surface area contributed by atoms with Crippen molar-refractivity contribution < 1.29 is 14.3 Å². The van der Waals surface area contributed by atoms with Crippen LogP contribution in [0.25, 0.3) is 6.08 Å². The summed E-state index contributed by atoms with van der Waals surface area (Å²) in [5, 5.41) is 0.516. The molecule has 2 aromatic carbocycles. The normalized spacial score (nSPS) is 26.0. The fraction of sp³-hybridized carbons (Fsp3) is 0.167. The van der Waals surface area contributed by atoms with E-state index in [-0.39, 0.29) is 5.78 Å². The Hall–Kier alpha value is -2.10. The lowest BCUT2D eigenvalue weighted by Gasteiger charge is -2.48. The van der Waals surface area contributed by atoms with Gasteiger partial charge < -0.3 is 9.47 Å². The van der Waals surface area contributed by atoms with Gasteiger partial charge in [-0.2, -0.15) is 0 Å². The highest BCUT2D eigenvalue weighted by atomic mass is 35.5. The van der Waals surface area contributed by atoms with Crippen LogP contribution >= 0.6 is 11.6 Å². The van der Waals surface area contributed by atoms with E-state index in [2.05, 4.69) is 0 Å². The Balaban J connectivity index is 1.70. The van der Waals surface area contributed by atoms with Gasteiger partial charge in [-0.05, 0) is 29.8 Å². The van der Waals surface area contributed by atoms with Gasteiger partial charge in [0.2, 0.25) is 0 Å². The van der Waals surface area contributed by atoms with Crippen molar-refractivity contribution in [2.75, 3.05) is 6.61 Å². The quantitative estimate of drug-likeness (QED) is 0.847. The summed E-state index contributed by atoms with van der Waals surface area (Å²) in [5.41, 5.74) is 0.828. The first-order chi connectivity index (χ1) is 10.7. The fourth-order valence-electron chi connectivity index (χ4n) is 2.81. The molecule has 2 aliphatic rings. The second-order valence-corrected chi connectivity index (χ2v) is 5.93. The molecule has 3 nitrogen and oxygen atoms in total. The van der Waals surface area contributed by atoms with E-state index in [1.807, 2.05) is 42.5 Å². The summed E-state index contributed by atoms with van der Waals surface area (Å²) >= 11 is 5.96. The van der Waals surface area contributed by atoms with Crippen molar-refractivity contribution in [1.29, 1.82) is 0 Å². The van der Waals surface area contributed by atoms with Gasteiger partial charge in [0.25, 0.3) is 0 Å². The molecule has 0 saturated carbocycles. The molecule has 2 heterocycles. The van der Waals surface area contributed by atoms with Crippen molar-refractivity contribution in [1.82, 2.24) is 0 Å². The summed E-state index contributed by atoms with van der Waals surface area (Å²) in [6.07, 6.45) is 3.29. The van der Waals surface area contributed by atoms with Crippen LogP contribution in [-0.2, 0) is 4.74 Å². The topological polar surface area (TPSA) is 35.5 Å². The molecule has 110 valence electrons. The van der Waals surface area contributed by atoms with Gasteiger partial charge in [-0.25, -0.2) is 0 Å². The van der Waals surface area contributed by atoms with Crippen LogP contribution in [0.4, 0.5) is 0 Å². The third-order valence-corrected chi connectivity index (χ3v) is 4.26. The summed E-state index contributed by atoms with van der Waals surface area (Å²) in [5.74, 6) is 0.486. The number of carbonyl (C=O) groups excluding carboxylic acids is 1. The van der Waals surface area contributed by atoms with E-state index in [1.165, 1.54) is 0 Å². The van der Waals surface area contributed by atoms with Crippen LogP contribution < -0.4 is 4.74 Å². The van der Waals surface area contributed by atoms with Gasteiger partial charge in [-0.3, -0.25) is 4.79 Å². The van der Waals surface area contributed by atoms with Gasteiger partial charge in [0.1, 0.15) is 5.75 Å². The molecular formula is C18H13ClO3. The van der Waals surface area contributed by atoms with E-state index in [1.54, 1.807) is 18.2 Å². The number of ketones is 1. The molecule has 0 bridgehead atoms. The number of ether oxygens (including phenoxy) is 2. The molecule has 0 aromatic heterocycles. The molecule has 1 fully saturated rings. The molecule has 0 aliphatic carbocycles. The summed E-state index contributed by atoms with van der Waals surface area (Å²) in [6, 6.07) is 15.0. The minimum Gasteiger partial charge on any atom is -0.477 e. The molecule has 0 N–H and O–H groups in total. The number of fused-ring (bicyclic) bond motifs is 2. The fourth-order valence-corrected chi connectivity index (χ4v) is 2.98. The first-order valence-electron chi connectivity index (χ1n) is 7.07. The lowest BCUT2D eigenvalue weighted by Crippen LogP contribution is -2.66. The number of benzene rings is 2. The van der Waals surface area contributed by atoms with Crippen molar-refractivity contribution in [2.24, 2.45) is 0 Å². The van der Waals surface area contributed by atoms with Crippen LogP contribution in [0.15, 0.2) is 54.6 Å². The van der Waals surface area contributed by atoms with Crippen LogP contribution in [0, 0.1) is 0 Å². The van der Waals surface area contributed by atoms with Gasteiger partial charge in [-0.1, -0.05) is 48.0 Å².